The summed E-state index contributed by atoms with van der Waals surface area (Å²) in [5, 5.41) is 4.74. The van der Waals surface area contributed by atoms with Crippen LogP contribution in [-0.2, 0) is 10.8 Å². The largest absolute Gasteiger partial charge is 0.361 e. The molecule has 5 heteroatoms. The van der Waals surface area contributed by atoms with Crippen molar-refractivity contribution < 1.29 is 4.21 Å². The molecule has 0 spiro atoms. The smallest absolute Gasteiger partial charge is 0.156 e. The molecule has 1 aliphatic heterocycles. The fraction of sp³-hybridized carbons (Fsp3) is 0.909. The van der Waals surface area contributed by atoms with Crippen molar-refractivity contribution >= 4 is 27.7 Å². The van der Waals surface area contributed by atoms with Crippen LogP contribution in [0.15, 0.2) is 4.99 Å². The lowest BCUT2D eigenvalue weighted by Crippen LogP contribution is -2.31. The Hall–Kier alpha value is -0.0300. The van der Waals surface area contributed by atoms with Gasteiger partial charge >= 0.3 is 0 Å². The van der Waals surface area contributed by atoms with E-state index in [1.807, 2.05) is 6.92 Å². The lowest BCUT2D eigenvalue weighted by Gasteiger charge is -2.13. The van der Waals surface area contributed by atoms with E-state index in [0.717, 1.165) is 23.9 Å². The van der Waals surface area contributed by atoms with Gasteiger partial charge in [0.25, 0.3) is 0 Å². The summed E-state index contributed by atoms with van der Waals surface area (Å²) in [5.41, 5.74) is 0. The fourth-order valence-electron chi connectivity index (χ4n) is 1.37. The third-order valence-corrected chi connectivity index (χ3v) is 5.29. The molecule has 0 bridgehead atoms. The van der Waals surface area contributed by atoms with Gasteiger partial charge in [0.15, 0.2) is 5.17 Å². The molecule has 0 amide bonds. The molecule has 2 unspecified atom stereocenters. The van der Waals surface area contributed by atoms with Gasteiger partial charge in [0.05, 0.1) is 0 Å². The second kappa shape index (κ2) is 6.64. The van der Waals surface area contributed by atoms with Crippen LogP contribution in [0.3, 0.4) is 0 Å². The average Bonchev–Trinajstić information content (AvgIpc) is 2.66. The Morgan fingerprint density at radius 3 is 2.75 bits per heavy atom. The number of hydrogen-bond donors (Lipinski definition) is 1. The molecule has 0 aromatic carbocycles. The Kier molecular flexibility index (Phi) is 5.83. The van der Waals surface area contributed by atoms with Gasteiger partial charge in [0, 0.05) is 40.6 Å². The molecule has 0 saturated carbocycles. The minimum absolute atomic E-state index is 0.247. The van der Waals surface area contributed by atoms with Crippen molar-refractivity contribution in [2.24, 2.45) is 10.9 Å². The molecule has 0 aromatic rings. The van der Waals surface area contributed by atoms with Gasteiger partial charge < -0.3 is 5.32 Å². The van der Waals surface area contributed by atoms with E-state index in [1.165, 1.54) is 0 Å². The maximum absolute atomic E-state index is 11.2. The molecular formula is C11H22N2OS2. The van der Waals surface area contributed by atoms with E-state index in [0.29, 0.717) is 12.0 Å². The van der Waals surface area contributed by atoms with Gasteiger partial charge in [-0.2, -0.15) is 0 Å². The summed E-state index contributed by atoms with van der Waals surface area (Å²) < 4.78 is 11.2. The first-order chi connectivity index (χ1) is 7.50. The quantitative estimate of drug-likeness (QED) is 0.822. The predicted molar refractivity (Wildman–Crippen MR) is 74.7 cm³/mol. The zero-order valence-corrected chi connectivity index (χ0v) is 12.2. The van der Waals surface area contributed by atoms with Crippen LogP contribution < -0.4 is 5.32 Å². The summed E-state index contributed by atoms with van der Waals surface area (Å²) in [4.78, 5) is 4.51. The van der Waals surface area contributed by atoms with Gasteiger partial charge in [-0.25, -0.2) is 0 Å². The highest BCUT2D eigenvalue weighted by Crippen LogP contribution is 2.19. The molecule has 1 saturated heterocycles. The number of rotatable bonds is 5. The van der Waals surface area contributed by atoms with Crippen LogP contribution in [0.2, 0.25) is 0 Å². The Morgan fingerprint density at radius 1 is 1.56 bits per heavy atom. The van der Waals surface area contributed by atoms with Crippen LogP contribution in [0.4, 0.5) is 0 Å². The highest BCUT2D eigenvalue weighted by atomic mass is 32.2. The van der Waals surface area contributed by atoms with E-state index in [2.05, 4.69) is 24.2 Å². The van der Waals surface area contributed by atoms with Gasteiger partial charge in [0.1, 0.15) is 0 Å². The first-order valence-electron chi connectivity index (χ1n) is 5.76. The molecule has 1 aliphatic rings. The van der Waals surface area contributed by atoms with Crippen molar-refractivity contribution in [3.63, 3.8) is 0 Å². The first kappa shape index (κ1) is 14.0. The minimum Gasteiger partial charge on any atom is -0.361 e. The second-order valence-electron chi connectivity index (χ2n) is 4.59. The molecule has 1 fully saturated rings. The van der Waals surface area contributed by atoms with Crippen molar-refractivity contribution in [2.75, 3.05) is 18.6 Å². The molecule has 94 valence electrons. The summed E-state index contributed by atoms with van der Waals surface area (Å²) in [6.45, 7) is 7.25. The molecule has 1 heterocycles. The van der Waals surface area contributed by atoms with E-state index in [9.17, 15) is 4.21 Å². The summed E-state index contributed by atoms with van der Waals surface area (Å²) in [6.07, 6.45) is 2.66. The number of nitrogens with zero attached hydrogens (tertiary/aromatic N) is 1. The normalized spacial score (nSPS) is 27.1. The van der Waals surface area contributed by atoms with E-state index < -0.39 is 10.8 Å². The second-order valence-corrected chi connectivity index (χ2v) is 7.40. The Bertz CT molecular complexity index is 279. The van der Waals surface area contributed by atoms with Crippen molar-refractivity contribution in [1.82, 2.24) is 5.32 Å². The standard InChI is InChI=1S/C11H22N2OS2/c1-8(2)10-7-15-11(13-10)12-6-5-9(3)16(4)14/h8-10H,5-7H2,1-4H3,(H,12,13)/t9?,10-,16?/m1/s1. The van der Waals surface area contributed by atoms with E-state index in [1.54, 1.807) is 18.0 Å². The Labute approximate surface area is 105 Å². The fourth-order valence-corrected chi connectivity index (χ4v) is 3.04. The monoisotopic (exact) mass is 262 g/mol. The Balaban J connectivity index is 2.29. The summed E-state index contributed by atoms with van der Waals surface area (Å²) in [7, 11) is -0.724. The van der Waals surface area contributed by atoms with E-state index in [-0.39, 0.29) is 5.25 Å². The predicted octanol–water partition coefficient (Wildman–Crippen LogP) is 1.86. The van der Waals surface area contributed by atoms with Gasteiger partial charge in [-0.3, -0.25) is 9.20 Å². The SMILES string of the molecule is CC(C)[C@H]1CSC(=NCCC(C)S(C)=O)N1. The van der Waals surface area contributed by atoms with Crippen LogP contribution in [0, 0.1) is 5.92 Å². The molecular weight excluding hydrogens is 240 g/mol. The van der Waals surface area contributed by atoms with E-state index >= 15 is 0 Å². The third-order valence-electron chi connectivity index (χ3n) is 2.87. The first-order valence-corrected chi connectivity index (χ1v) is 8.37. The number of amidine groups is 1. The topological polar surface area (TPSA) is 41.5 Å². The number of aliphatic imine (C=N–C) groups is 1. The summed E-state index contributed by atoms with van der Waals surface area (Å²) in [6, 6.07) is 0.557. The maximum Gasteiger partial charge on any atom is 0.156 e. The third kappa shape index (κ3) is 4.45. The molecule has 1 N–H and O–H groups in total. The number of nitrogens with one attached hydrogen (secondary N) is 1. The van der Waals surface area contributed by atoms with Crippen LogP contribution in [0.1, 0.15) is 27.2 Å². The summed E-state index contributed by atoms with van der Waals surface area (Å²) >= 11 is 1.80. The molecule has 0 radical (unpaired) electrons. The molecule has 16 heavy (non-hydrogen) atoms. The van der Waals surface area contributed by atoms with Crippen molar-refractivity contribution in [3.8, 4) is 0 Å². The minimum atomic E-state index is -0.724. The average molecular weight is 262 g/mol. The highest BCUT2D eigenvalue weighted by molar-refractivity contribution is 8.14. The molecule has 3 nitrogen and oxygen atoms in total. The van der Waals surface area contributed by atoms with Crippen LogP contribution in [0.5, 0.6) is 0 Å². The van der Waals surface area contributed by atoms with Gasteiger partial charge in [0.2, 0.25) is 0 Å². The number of hydrogen-bond acceptors (Lipinski definition) is 3. The van der Waals surface area contributed by atoms with Crippen LogP contribution >= 0.6 is 11.8 Å². The highest BCUT2D eigenvalue weighted by Gasteiger charge is 2.22. The maximum atomic E-state index is 11.2. The molecule has 1 rings (SSSR count). The van der Waals surface area contributed by atoms with Crippen LogP contribution in [-0.4, -0.2) is 39.2 Å². The zero-order chi connectivity index (χ0) is 12.1. The van der Waals surface area contributed by atoms with Crippen molar-refractivity contribution in [2.45, 2.75) is 38.5 Å². The Morgan fingerprint density at radius 2 is 2.25 bits per heavy atom. The van der Waals surface area contributed by atoms with Crippen molar-refractivity contribution in [3.05, 3.63) is 0 Å². The molecule has 0 aliphatic carbocycles. The molecule has 3 atom stereocenters. The summed E-state index contributed by atoms with van der Waals surface area (Å²) in [5.74, 6) is 1.77. The van der Waals surface area contributed by atoms with Gasteiger partial charge in [-0.15, -0.1) is 0 Å². The van der Waals surface area contributed by atoms with Gasteiger partial charge in [-0.05, 0) is 12.3 Å². The van der Waals surface area contributed by atoms with Crippen LogP contribution in [0.25, 0.3) is 0 Å². The lowest BCUT2D eigenvalue weighted by molar-refractivity contribution is 0.503. The van der Waals surface area contributed by atoms with Crippen molar-refractivity contribution in [1.29, 1.82) is 0 Å². The van der Waals surface area contributed by atoms with Gasteiger partial charge in [-0.1, -0.05) is 32.5 Å². The lowest BCUT2D eigenvalue weighted by atomic mass is 10.1. The zero-order valence-electron chi connectivity index (χ0n) is 10.5. The van der Waals surface area contributed by atoms with E-state index in [4.69, 9.17) is 0 Å². The number of thioether (sulfide) groups is 1. The molecule has 0 aromatic heterocycles.